The smallest absolute Gasteiger partial charge is 0.251 e. The minimum absolute atomic E-state index is 0. The van der Waals surface area contributed by atoms with E-state index in [0.29, 0.717) is 11.3 Å². The number of methoxy groups -OCH3 is 1. The second-order valence-electron chi connectivity index (χ2n) is 5.56. The minimum atomic E-state index is -0.0277. The zero-order valence-electron chi connectivity index (χ0n) is 13.5. The van der Waals surface area contributed by atoms with Gasteiger partial charge in [0.1, 0.15) is 0 Å². The number of amides is 1. The van der Waals surface area contributed by atoms with Crippen LogP contribution < -0.4 is 11.1 Å². The van der Waals surface area contributed by atoms with E-state index < -0.39 is 0 Å². The number of carbonyl (C=O) groups excluding carboxylic acids is 1. The standard InChI is InChI=1S/C16H25N3O2.2ClH/c1-21-11-3-8-19-9-6-15(7-10-19)18-16(20)13-4-2-5-14(17)12-13;;/h2,4-5,12,15H,3,6-11,17H2,1H3,(H,18,20);2*1H. The van der Waals surface area contributed by atoms with Gasteiger partial charge in [0, 0.05) is 50.6 Å². The summed E-state index contributed by atoms with van der Waals surface area (Å²) in [5.41, 5.74) is 6.97. The number of nitrogens with two attached hydrogens (primary N) is 1. The van der Waals surface area contributed by atoms with Crippen LogP contribution in [0.3, 0.4) is 0 Å². The summed E-state index contributed by atoms with van der Waals surface area (Å²) in [4.78, 5) is 14.6. The summed E-state index contributed by atoms with van der Waals surface area (Å²) in [6.45, 7) is 3.95. The van der Waals surface area contributed by atoms with E-state index in [2.05, 4.69) is 10.2 Å². The summed E-state index contributed by atoms with van der Waals surface area (Å²) in [5, 5.41) is 3.10. The van der Waals surface area contributed by atoms with E-state index in [1.165, 1.54) is 0 Å². The van der Waals surface area contributed by atoms with E-state index in [0.717, 1.165) is 45.5 Å². The van der Waals surface area contributed by atoms with Crippen LogP contribution in [0.5, 0.6) is 0 Å². The second-order valence-corrected chi connectivity index (χ2v) is 5.56. The van der Waals surface area contributed by atoms with Gasteiger partial charge in [0.15, 0.2) is 0 Å². The van der Waals surface area contributed by atoms with Crippen LogP contribution in [0.15, 0.2) is 24.3 Å². The van der Waals surface area contributed by atoms with Gasteiger partial charge in [-0.3, -0.25) is 4.79 Å². The first-order valence-corrected chi connectivity index (χ1v) is 7.56. The van der Waals surface area contributed by atoms with Crippen molar-refractivity contribution in [3.63, 3.8) is 0 Å². The highest BCUT2D eigenvalue weighted by Crippen LogP contribution is 2.12. The molecule has 5 nitrogen and oxygen atoms in total. The van der Waals surface area contributed by atoms with E-state index in [1.54, 1.807) is 25.3 Å². The van der Waals surface area contributed by atoms with Gasteiger partial charge in [-0.1, -0.05) is 6.07 Å². The van der Waals surface area contributed by atoms with Gasteiger partial charge >= 0.3 is 0 Å². The van der Waals surface area contributed by atoms with Crippen molar-refractivity contribution in [1.29, 1.82) is 0 Å². The number of anilines is 1. The maximum Gasteiger partial charge on any atom is 0.251 e. The third-order valence-electron chi connectivity index (χ3n) is 3.89. The monoisotopic (exact) mass is 363 g/mol. The largest absolute Gasteiger partial charge is 0.399 e. The molecule has 0 aliphatic carbocycles. The molecule has 1 amide bonds. The average Bonchev–Trinajstić information content (AvgIpc) is 2.49. The second kappa shape index (κ2) is 11.5. The molecule has 2 rings (SSSR count). The lowest BCUT2D eigenvalue weighted by Crippen LogP contribution is -2.45. The van der Waals surface area contributed by atoms with Crippen LogP contribution in [0.1, 0.15) is 29.6 Å². The molecule has 0 radical (unpaired) electrons. The number of nitrogens with zero attached hydrogens (tertiary/aromatic N) is 1. The number of hydrogen-bond acceptors (Lipinski definition) is 4. The summed E-state index contributed by atoms with van der Waals surface area (Å²) < 4.78 is 5.07. The Morgan fingerprint density at radius 2 is 2.04 bits per heavy atom. The number of carbonyl (C=O) groups is 1. The van der Waals surface area contributed by atoms with Crippen molar-refractivity contribution in [1.82, 2.24) is 10.2 Å². The van der Waals surface area contributed by atoms with Crippen molar-refractivity contribution >= 4 is 36.4 Å². The van der Waals surface area contributed by atoms with Crippen LogP contribution in [-0.2, 0) is 4.74 Å². The number of likely N-dealkylation sites (tertiary alicyclic amines) is 1. The molecule has 0 bridgehead atoms. The molecule has 0 saturated carbocycles. The van der Waals surface area contributed by atoms with Gasteiger partial charge in [-0.15, -0.1) is 24.8 Å². The Labute approximate surface area is 150 Å². The predicted molar refractivity (Wildman–Crippen MR) is 98.8 cm³/mol. The summed E-state index contributed by atoms with van der Waals surface area (Å²) in [7, 11) is 1.73. The quantitative estimate of drug-likeness (QED) is 0.601. The van der Waals surface area contributed by atoms with Gasteiger partial charge in [0.25, 0.3) is 5.91 Å². The summed E-state index contributed by atoms with van der Waals surface area (Å²) in [6.07, 6.45) is 3.07. The van der Waals surface area contributed by atoms with Crippen molar-refractivity contribution in [3.05, 3.63) is 29.8 Å². The normalized spacial score (nSPS) is 15.3. The third kappa shape index (κ3) is 7.40. The molecule has 1 aromatic rings. The number of nitrogen functional groups attached to an aromatic ring is 1. The van der Waals surface area contributed by atoms with Crippen molar-refractivity contribution in [2.45, 2.75) is 25.3 Å². The number of rotatable bonds is 6. The van der Waals surface area contributed by atoms with Gasteiger partial charge < -0.3 is 20.7 Å². The maximum absolute atomic E-state index is 12.2. The van der Waals surface area contributed by atoms with E-state index >= 15 is 0 Å². The Kier molecular flexibility index (Phi) is 11.0. The number of ether oxygens (including phenoxy) is 1. The highest BCUT2D eigenvalue weighted by atomic mass is 35.5. The van der Waals surface area contributed by atoms with E-state index in [9.17, 15) is 4.79 Å². The lowest BCUT2D eigenvalue weighted by atomic mass is 10.0. The summed E-state index contributed by atoms with van der Waals surface area (Å²) in [5.74, 6) is -0.0277. The van der Waals surface area contributed by atoms with E-state index in [4.69, 9.17) is 10.5 Å². The fourth-order valence-corrected chi connectivity index (χ4v) is 2.68. The fraction of sp³-hybridized carbons (Fsp3) is 0.562. The molecule has 0 spiro atoms. The number of nitrogens with one attached hydrogen (secondary N) is 1. The molecule has 132 valence electrons. The van der Waals surface area contributed by atoms with Gasteiger partial charge in [0.2, 0.25) is 0 Å². The van der Waals surface area contributed by atoms with Crippen molar-refractivity contribution < 1.29 is 9.53 Å². The van der Waals surface area contributed by atoms with Crippen molar-refractivity contribution in [3.8, 4) is 0 Å². The summed E-state index contributed by atoms with van der Waals surface area (Å²) >= 11 is 0. The van der Waals surface area contributed by atoms with Gasteiger partial charge in [-0.2, -0.15) is 0 Å². The molecule has 1 aliphatic rings. The number of halogens is 2. The van der Waals surface area contributed by atoms with Crippen LogP contribution in [0.4, 0.5) is 5.69 Å². The lowest BCUT2D eigenvalue weighted by molar-refractivity contribution is 0.0907. The Hall–Kier alpha value is -1.01. The lowest BCUT2D eigenvalue weighted by Gasteiger charge is -2.32. The number of benzene rings is 1. The fourth-order valence-electron chi connectivity index (χ4n) is 2.68. The molecular weight excluding hydrogens is 337 g/mol. The molecule has 1 fully saturated rings. The van der Waals surface area contributed by atoms with E-state index in [1.807, 2.05) is 6.07 Å². The maximum atomic E-state index is 12.2. The van der Waals surface area contributed by atoms with Gasteiger partial charge in [-0.25, -0.2) is 0 Å². The third-order valence-corrected chi connectivity index (χ3v) is 3.89. The molecule has 0 aromatic heterocycles. The Bertz CT molecular complexity index is 466. The highest BCUT2D eigenvalue weighted by Gasteiger charge is 2.20. The number of piperidine rings is 1. The molecular formula is C16H27Cl2N3O2. The summed E-state index contributed by atoms with van der Waals surface area (Å²) in [6, 6.07) is 7.37. The molecule has 0 atom stereocenters. The molecule has 1 heterocycles. The van der Waals surface area contributed by atoms with E-state index in [-0.39, 0.29) is 36.8 Å². The Morgan fingerprint density at radius 1 is 1.35 bits per heavy atom. The van der Waals surface area contributed by atoms with Crippen molar-refractivity contribution in [2.75, 3.05) is 39.1 Å². The molecule has 1 aliphatic heterocycles. The molecule has 23 heavy (non-hydrogen) atoms. The predicted octanol–water partition coefficient (Wildman–Crippen LogP) is 2.34. The minimum Gasteiger partial charge on any atom is -0.399 e. The van der Waals surface area contributed by atoms with Crippen LogP contribution >= 0.6 is 24.8 Å². The molecule has 1 saturated heterocycles. The SMILES string of the molecule is COCCCN1CCC(NC(=O)c2cccc(N)c2)CC1.Cl.Cl. The van der Waals surface area contributed by atoms with Gasteiger partial charge in [0.05, 0.1) is 0 Å². The Morgan fingerprint density at radius 3 is 2.65 bits per heavy atom. The molecule has 0 unspecified atom stereocenters. The first kappa shape index (κ1) is 22.0. The van der Waals surface area contributed by atoms with Gasteiger partial charge in [-0.05, 0) is 37.5 Å². The van der Waals surface area contributed by atoms with Crippen LogP contribution in [0, 0.1) is 0 Å². The van der Waals surface area contributed by atoms with Crippen molar-refractivity contribution in [2.24, 2.45) is 0 Å². The zero-order chi connectivity index (χ0) is 15.1. The number of hydrogen-bond donors (Lipinski definition) is 2. The van der Waals surface area contributed by atoms with Crippen LogP contribution in [-0.4, -0.2) is 50.2 Å². The first-order chi connectivity index (χ1) is 10.2. The zero-order valence-corrected chi connectivity index (χ0v) is 15.1. The molecule has 3 N–H and O–H groups in total. The first-order valence-electron chi connectivity index (χ1n) is 7.56. The Balaban J connectivity index is 0.00000242. The molecule has 1 aromatic carbocycles. The topological polar surface area (TPSA) is 67.6 Å². The van der Waals surface area contributed by atoms with Crippen LogP contribution in [0.25, 0.3) is 0 Å². The van der Waals surface area contributed by atoms with Crippen LogP contribution in [0.2, 0.25) is 0 Å². The highest BCUT2D eigenvalue weighted by molar-refractivity contribution is 5.95. The average molecular weight is 364 g/mol. The molecule has 7 heteroatoms.